The van der Waals surface area contributed by atoms with E-state index in [1.54, 1.807) is 0 Å². The van der Waals surface area contributed by atoms with E-state index >= 15 is 0 Å². The van der Waals surface area contributed by atoms with E-state index in [1.165, 1.54) is 18.4 Å². The van der Waals surface area contributed by atoms with Gasteiger partial charge in [-0.25, -0.2) is 0 Å². The Morgan fingerprint density at radius 2 is 1.90 bits per heavy atom. The van der Waals surface area contributed by atoms with Crippen molar-refractivity contribution in [3.05, 3.63) is 23.8 Å². The van der Waals surface area contributed by atoms with E-state index in [0.717, 1.165) is 24.3 Å². The first-order valence-corrected chi connectivity index (χ1v) is 7.78. The maximum absolute atomic E-state index is 6.66. The molecule has 1 aliphatic rings. The van der Waals surface area contributed by atoms with Crippen molar-refractivity contribution in [2.75, 3.05) is 13.2 Å². The van der Waals surface area contributed by atoms with Gasteiger partial charge in [-0.05, 0) is 50.3 Å². The predicted molar refractivity (Wildman–Crippen MR) is 82.3 cm³/mol. The van der Waals surface area contributed by atoms with Gasteiger partial charge >= 0.3 is 0 Å². The van der Waals surface area contributed by atoms with Gasteiger partial charge < -0.3 is 15.2 Å². The lowest BCUT2D eigenvalue weighted by molar-refractivity contribution is 0.237. The smallest absolute Gasteiger partial charge is 0.161 e. The van der Waals surface area contributed by atoms with Crippen molar-refractivity contribution in [2.24, 2.45) is 11.7 Å². The molecule has 0 radical (unpaired) electrons. The molecule has 2 unspecified atom stereocenters. The van der Waals surface area contributed by atoms with Crippen molar-refractivity contribution in [3.63, 3.8) is 0 Å². The fourth-order valence-electron chi connectivity index (χ4n) is 3.21. The van der Waals surface area contributed by atoms with Crippen LogP contribution in [0.25, 0.3) is 0 Å². The van der Waals surface area contributed by atoms with Crippen LogP contribution in [0.5, 0.6) is 11.5 Å². The quantitative estimate of drug-likeness (QED) is 0.889. The number of benzene rings is 1. The van der Waals surface area contributed by atoms with Gasteiger partial charge in [0.1, 0.15) is 0 Å². The molecule has 112 valence electrons. The molecule has 0 saturated heterocycles. The van der Waals surface area contributed by atoms with Gasteiger partial charge in [0.2, 0.25) is 0 Å². The van der Waals surface area contributed by atoms with E-state index in [1.807, 2.05) is 19.9 Å². The second-order valence-electron chi connectivity index (χ2n) is 5.89. The Balaban J connectivity index is 2.29. The van der Waals surface area contributed by atoms with Crippen LogP contribution in [0.15, 0.2) is 18.2 Å². The first kappa shape index (κ1) is 15.2. The minimum Gasteiger partial charge on any atom is -0.490 e. The zero-order valence-corrected chi connectivity index (χ0v) is 12.9. The first-order chi connectivity index (χ1) is 9.59. The van der Waals surface area contributed by atoms with Crippen LogP contribution in [-0.4, -0.2) is 13.2 Å². The summed E-state index contributed by atoms with van der Waals surface area (Å²) in [7, 11) is 0. The lowest BCUT2D eigenvalue weighted by Gasteiger charge is -2.37. The molecule has 0 spiro atoms. The van der Waals surface area contributed by atoms with E-state index in [9.17, 15) is 0 Å². The summed E-state index contributed by atoms with van der Waals surface area (Å²) in [6.07, 6.45) is 4.59. The Labute approximate surface area is 122 Å². The molecule has 2 N–H and O–H groups in total. The monoisotopic (exact) mass is 277 g/mol. The minimum absolute atomic E-state index is 0.214. The Bertz CT molecular complexity index is 447. The van der Waals surface area contributed by atoms with Crippen LogP contribution >= 0.6 is 0 Å². The van der Waals surface area contributed by atoms with Gasteiger partial charge in [0.15, 0.2) is 11.5 Å². The van der Waals surface area contributed by atoms with Crippen molar-refractivity contribution >= 4 is 0 Å². The van der Waals surface area contributed by atoms with Crippen molar-refractivity contribution in [1.29, 1.82) is 0 Å². The molecule has 0 amide bonds. The van der Waals surface area contributed by atoms with Gasteiger partial charge in [-0.3, -0.25) is 0 Å². The third-order valence-electron chi connectivity index (χ3n) is 4.15. The average molecular weight is 277 g/mol. The third-order valence-corrected chi connectivity index (χ3v) is 4.15. The summed E-state index contributed by atoms with van der Waals surface area (Å²) in [4.78, 5) is 0. The highest BCUT2D eigenvalue weighted by Gasteiger charge is 2.33. The lowest BCUT2D eigenvalue weighted by Crippen LogP contribution is -2.40. The summed E-state index contributed by atoms with van der Waals surface area (Å²) in [6.45, 7) is 7.54. The fourth-order valence-corrected chi connectivity index (χ4v) is 3.21. The number of rotatable bonds is 5. The fraction of sp³-hybridized carbons (Fsp3) is 0.647. The number of ether oxygens (including phenoxy) is 2. The van der Waals surface area contributed by atoms with Crippen LogP contribution in [0.2, 0.25) is 0 Å². The van der Waals surface area contributed by atoms with Crippen LogP contribution < -0.4 is 15.2 Å². The van der Waals surface area contributed by atoms with E-state index in [0.29, 0.717) is 19.1 Å². The second kappa shape index (κ2) is 6.49. The summed E-state index contributed by atoms with van der Waals surface area (Å²) in [5.74, 6) is 2.32. The Morgan fingerprint density at radius 1 is 1.20 bits per heavy atom. The molecule has 3 nitrogen and oxygen atoms in total. The van der Waals surface area contributed by atoms with Gasteiger partial charge in [-0.2, -0.15) is 0 Å². The van der Waals surface area contributed by atoms with Gasteiger partial charge in [0, 0.05) is 5.54 Å². The zero-order chi connectivity index (χ0) is 14.6. The molecule has 1 aromatic carbocycles. The topological polar surface area (TPSA) is 44.5 Å². The largest absolute Gasteiger partial charge is 0.490 e. The highest BCUT2D eigenvalue weighted by Crippen LogP contribution is 2.40. The summed E-state index contributed by atoms with van der Waals surface area (Å²) < 4.78 is 11.3. The second-order valence-corrected chi connectivity index (χ2v) is 5.89. The third kappa shape index (κ3) is 3.26. The molecule has 0 aliphatic heterocycles. The van der Waals surface area contributed by atoms with Crippen LogP contribution in [0.4, 0.5) is 0 Å². The molecule has 0 heterocycles. The molecule has 20 heavy (non-hydrogen) atoms. The molecule has 2 atom stereocenters. The molecule has 1 fully saturated rings. The molecular weight excluding hydrogens is 250 g/mol. The molecule has 1 aliphatic carbocycles. The molecule has 1 aromatic rings. The highest BCUT2D eigenvalue weighted by molar-refractivity contribution is 5.45. The molecule has 0 aromatic heterocycles. The summed E-state index contributed by atoms with van der Waals surface area (Å²) >= 11 is 0. The Kier molecular flexibility index (Phi) is 4.92. The molecule has 2 rings (SSSR count). The van der Waals surface area contributed by atoms with Gasteiger partial charge in [0.05, 0.1) is 13.2 Å². The Morgan fingerprint density at radius 3 is 2.55 bits per heavy atom. The van der Waals surface area contributed by atoms with E-state index in [-0.39, 0.29) is 5.54 Å². The summed E-state index contributed by atoms with van der Waals surface area (Å²) in [5.41, 5.74) is 7.63. The number of hydrogen-bond donors (Lipinski definition) is 1. The zero-order valence-electron chi connectivity index (χ0n) is 12.9. The van der Waals surface area contributed by atoms with E-state index < -0.39 is 0 Å². The van der Waals surface area contributed by atoms with Gasteiger partial charge in [-0.1, -0.05) is 25.8 Å². The van der Waals surface area contributed by atoms with Crippen molar-refractivity contribution in [1.82, 2.24) is 0 Å². The molecule has 0 bridgehead atoms. The Hall–Kier alpha value is -1.22. The standard InChI is InChI=1S/C17H27NO2/c1-4-19-15-9-8-14(11-16(15)20-5-2)17(18)10-6-7-13(3)12-17/h8-9,11,13H,4-7,10,12,18H2,1-3H3. The average Bonchev–Trinajstić information content (AvgIpc) is 2.41. The first-order valence-electron chi connectivity index (χ1n) is 7.78. The lowest BCUT2D eigenvalue weighted by atomic mass is 9.73. The van der Waals surface area contributed by atoms with E-state index in [4.69, 9.17) is 15.2 Å². The number of nitrogens with two attached hydrogens (primary N) is 1. The SMILES string of the molecule is CCOc1ccc(C2(N)CCCC(C)C2)cc1OCC. The van der Waals surface area contributed by atoms with Crippen molar-refractivity contribution in [3.8, 4) is 11.5 Å². The summed E-state index contributed by atoms with van der Waals surface area (Å²) in [6, 6.07) is 6.18. The van der Waals surface area contributed by atoms with Crippen molar-refractivity contribution in [2.45, 2.75) is 52.0 Å². The van der Waals surface area contributed by atoms with Crippen LogP contribution in [0, 0.1) is 5.92 Å². The normalized spacial score (nSPS) is 26.3. The number of hydrogen-bond acceptors (Lipinski definition) is 3. The van der Waals surface area contributed by atoms with Crippen LogP contribution in [0.3, 0.4) is 0 Å². The maximum Gasteiger partial charge on any atom is 0.161 e. The predicted octanol–water partition coefficient (Wildman–Crippen LogP) is 3.85. The summed E-state index contributed by atoms with van der Waals surface area (Å²) in [5, 5.41) is 0. The van der Waals surface area contributed by atoms with Gasteiger partial charge in [0.25, 0.3) is 0 Å². The maximum atomic E-state index is 6.66. The molecule has 1 saturated carbocycles. The highest BCUT2D eigenvalue weighted by atomic mass is 16.5. The van der Waals surface area contributed by atoms with Crippen LogP contribution in [-0.2, 0) is 5.54 Å². The molecular formula is C17H27NO2. The molecule has 3 heteroatoms. The van der Waals surface area contributed by atoms with Crippen molar-refractivity contribution < 1.29 is 9.47 Å². The van der Waals surface area contributed by atoms with E-state index in [2.05, 4.69) is 19.1 Å². The van der Waals surface area contributed by atoms with Crippen LogP contribution in [0.1, 0.15) is 52.0 Å². The van der Waals surface area contributed by atoms with Gasteiger partial charge in [-0.15, -0.1) is 0 Å². The minimum atomic E-state index is -0.214.